The quantitative estimate of drug-likeness (QED) is 0.343. The van der Waals surface area contributed by atoms with Gasteiger partial charge in [-0.15, -0.1) is 0 Å². The SMILES string of the molecule is Cc1cc([C@@H]2[C@H](c3ccccn3)NC(=S)N2c2ccc3c(c2)OCO3)c(C)n1-c1ccccc1Cl. The molecule has 176 valence electrons. The van der Waals surface area contributed by atoms with E-state index in [0.29, 0.717) is 15.9 Å². The van der Waals surface area contributed by atoms with Crippen molar-refractivity contribution in [3.63, 3.8) is 0 Å². The lowest BCUT2D eigenvalue weighted by atomic mass is 9.96. The number of aromatic nitrogens is 2. The maximum absolute atomic E-state index is 6.60. The smallest absolute Gasteiger partial charge is 0.231 e. The number of fused-ring (bicyclic) bond motifs is 1. The minimum Gasteiger partial charge on any atom is -0.454 e. The van der Waals surface area contributed by atoms with Gasteiger partial charge in [0.2, 0.25) is 6.79 Å². The number of benzene rings is 2. The minimum absolute atomic E-state index is 0.139. The fourth-order valence-electron chi connectivity index (χ4n) is 5.07. The molecule has 0 amide bonds. The zero-order chi connectivity index (χ0) is 24.1. The first kappa shape index (κ1) is 21.9. The molecule has 35 heavy (non-hydrogen) atoms. The average molecular weight is 503 g/mol. The fourth-order valence-corrected chi connectivity index (χ4v) is 5.64. The van der Waals surface area contributed by atoms with Crippen LogP contribution in [0.15, 0.2) is 72.9 Å². The third-order valence-electron chi connectivity index (χ3n) is 6.61. The number of ether oxygens (including phenoxy) is 2. The first-order chi connectivity index (χ1) is 17.0. The van der Waals surface area contributed by atoms with Gasteiger partial charge in [-0.3, -0.25) is 4.98 Å². The number of nitrogens with zero attached hydrogens (tertiary/aromatic N) is 3. The van der Waals surface area contributed by atoms with Crippen LogP contribution in [0, 0.1) is 13.8 Å². The van der Waals surface area contributed by atoms with Crippen LogP contribution in [-0.2, 0) is 0 Å². The van der Waals surface area contributed by atoms with Crippen molar-refractivity contribution in [3.8, 4) is 17.2 Å². The lowest BCUT2D eigenvalue weighted by molar-refractivity contribution is 0.174. The monoisotopic (exact) mass is 502 g/mol. The summed E-state index contributed by atoms with van der Waals surface area (Å²) in [6.45, 7) is 4.45. The molecule has 0 aliphatic carbocycles. The molecule has 4 aromatic rings. The number of anilines is 1. The summed E-state index contributed by atoms with van der Waals surface area (Å²) in [6.07, 6.45) is 1.81. The largest absolute Gasteiger partial charge is 0.454 e. The van der Waals surface area contributed by atoms with Crippen molar-refractivity contribution in [1.82, 2.24) is 14.9 Å². The van der Waals surface area contributed by atoms with Crippen molar-refractivity contribution in [1.29, 1.82) is 0 Å². The molecule has 1 saturated heterocycles. The molecule has 0 spiro atoms. The van der Waals surface area contributed by atoms with Crippen LogP contribution in [0.2, 0.25) is 5.02 Å². The van der Waals surface area contributed by atoms with Crippen LogP contribution >= 0.6 is 23.8 Å². The molecule has 6 rings (SSSR count). The molecule has 0 bridgehead atoms. The molecule has 6 nitrogen and oxygen atoms in total. The number of pyridine rings is 1. The molecule has 8 heteroatoms. The molecule has 0 unspecified atom stereocenters. The Labute approximate surface area is 214 Å². The van der Waals surface area contributed by atoms with Gasteiger partial charge in [-0.2, -0.15) is 0 Å². The number of para-hydroxylation sites is 1. The van der Waals surface area contributed by atoms with Gasteiger partial charge in [0, 0.05) is 29.3 Å². The third-order valence-corrected chi connectivity index (χ3v) is 7.25. The Morgan fingerprint density at radius 2 is 1.80 bits per heavy atom. The Kier molecular flexibility index (Phi) is 5.39. The van der Waals surface area contributed by atoms with E-state index in [1.807, 2.05) is 66.9 Å². The van der Waals surface area contributed by atoms with Gasteiger partial charge in [0.15, 0.2) is 16.6 Å². The minimum atomic E-state index is -0.144. The van der Waals surface area contributed by atoms with Crippen molar-refractivity contribution in [3.05, 3.63) is 101 Å². The molecule has 1 N–H and O–H groups in total. The molecule has 1 fully saturated rings. The molecule has 0 radical (unpaired) electrons. The van der Waals surface area contributed by atoms with Gasteiger partial charge < -0.3 is 24.3 Å². The van der Waals surface area contributed by atoms with E-state index in [0.717, 1.165) is 39.8 Å². The molecule has 2 aromatic carbocycles. The Morgan fingerprint density at radius 1 is 1.00 bits per heavy atom. The predicted octanol–water partition coefficient (Wildman–Crippen LogP) is 6.05. The zero-order valence-electron chi connectivity index (χ0n) is 19.2. The Balaban J connectivity index is 1.52. The maximum atomic E-state index is 6.60. The van der Waals surface area contributed by atoms with E-state index in [1.165, 1.54) is 0 Å². The topological polar surface area (TPSA) is 51.6 Å². The predicted molar refractivity (Wildman–Crippen MR) is 141 cm³/mol. The second kappa shape index (κ2) is 8.59. The molecule has 2 atom stereocenters. The zero-order valence-corrected chi connectivity index (χ0v) is 20.8. The van der Waals surface area contributed by atoms with Gasteiger partial charge in [0.05, 0.1) is 28.5 Å². The van der Waals surface area contributed by atoms with Gasteiger partial charge >= 0.3 is 0 Å². The lowest BCUT2D eigenvalue weighted by Crippen LogP contribution is -2.29. The van der Waals surface area contributed by atoms with Crippen LogP contribution in [0.25, 0.3) is 5.69 Å². The Bertz CT molecular complexity index is 1440. The second-order valence-corrected chi connectivity index (χ2v) is 9.44. The molecule has 2 aliphatic heterocycles. The summed E-state index contributed by atoms with van der Waals surface area (Å²) in [5.74, 6) is 1.45. The summed E-state index contributed by atoms with van der Waals surface area (Å²) in [6, 6.07) is 21.7. The summed E-state index contributed by atoms with van der Waals surface area (Å²) in [4.78, 5) is 6.81. The van der Waals surface area contributed by atoms with Crippen molar-refractivity contribution in [2.75, 3.05) is 11.7 Å². The molecular formula is C27H23ClN4O2S. The maximum Gasteiger partial charge on any atom is 0.231 e. The van der Waals surface area contributed by atoms with Crippen LogP contribution < -0.4 is 19.7 Å². The van der Waals surface area contributed by atoms with Crippen LogP contribution in [-0.4, -0.2) is 21.5 Å². The molecule has 4 heterocycles. The van der Waals surface area contributed by atoms with E-state index in [-0.39, 0.29) is 18.9 Å². The van der Waals surface area contributed by atoms with Gasteiger partial charge in [-0.25, -0.2) is 0 Å². The van der Waals surface area contributed by atoms with Crippen LogP contribution in [0.4, 0.5) is 5.69 Å². The van der Waals surface area contributed by atoms with Crippen LogP contribution in [0.5, 0.6) is 11.5 Å². The van der Waals surface area contributed by atoms with Crippen molar-refractivity contribution in [2.45, 2.75) is 25.9 Å². The van der Waals surface area contributed by atoms with Crippen molar-refractivity contribution in [2.24, 2.45) is 0 Å². The van der Waals surface area contributed by atoms with Crippen LogP contribution in [0.1, 0.15) is 34.7 Å². The van der Waals surface area contributed by atoms with E-state index in [2.05, 4.69) is 39.7 Å². The summed E-state index contributed by atoms with van der Waals surface area (Å²) in [7, 11) is 0. The standard InChI is InChI=1S/C27H23ClN4O2S/c1-16-13-19(17(2)31(16)22-9-4-3-7-20(22)28)26-25(21-8-5-6-12-29-21)30-27(35)32(26)18-10-11-23-24(14-18)34-15-33-23/h3-14,25-26H,15H2,1-2H3,(H,30,35)/t25-,26+/m0/s1. The van der Waals surface area contributed by atoms with E-state index in [1.54, 1.807) is 0 Å². The first-order valence-corrected chi connectivity index (χ1v) is 12.2. The van der Waals surface area contributed by atoms with Gasteiger partial charge in [0.1, 0.15) is 0 Å². The normalized spacial score (nSPS) is 18.7. The molecular weight excluding hydrogens is 480 g/mol. The highest BCUT2D eigenvalue weighted by molar-refractivity contribution is 7.80. The summed E-state index contributed by atoms with van der Waals surface area (Å²) in [5, 5.41) is 4.86. The fraction of sp³-hybridized carbons (Fsp3) is 0.185. The second-order valence-electron chi connectivity index (χ2n) is 8.65. The Hall–Kier alpha value is -3.55. The van der Waals surface area contributed by atoms with Gasteiger partial charge in [0.25, 0.3) is 0 Å². The van der Waals surface area contributed by atoms with Crippen molar-refractivity contribution < 1.29 is 9.47 Å². The lowest BCUT2D eigenvalue weighted by Gasteiger charge is -2.28. The molecule has 0 saturated carbocycles. The number of nitrogens with one attached hydrogen (secondary N) is 1. The average Bonchev–Trinajstić information content (AvgIpc) is 3.55. The van der Waals surface area contributed by atoms with Crippen molar-refractivity contribution >= 4 is 34.6 Å². The van der Waals surface area contributed by atoms with E-state index >= 15 is 0 Å². The summed E-state index contributed by atoms with van der Waals surface area (Å²) < 4.78 is 13.4. The molecule has 2 aliphatic rings. The third kappa shape index (κ3) is 3.63. The number of hydrogen-bond donors (Lipinski definition) is 1. The summed E-state index contributed by atoms with van der Waals surface area (Å²) in [5.41, 5.74) is 6.13. The number of thiocarbonyl (C=S) groups is 1. The number of rotatable bonds is 4. The highest BCUT2D eigenvalue weighted by atomic mass is 35.5. The highest BCUT2D eigenvalue weighted by Crippen LogP contribution is 2.46. The van der Waals surface area contributed by atoms with E-state index < -0.39 is 0 Å². The first-order valence-electron chi connectivity index (χ1n) is 11.4. The number of aryl methyl sites for hydroxylation is 1. The highest BCUT2D eigenvalue weighted by Gasteiger charge is 2.42. The molecule has 2 aromatic heterocycles. The van der Waals surface area contributed by atoms with E-state index in [4.69, 9.17) is 33.3 Å². The Morgan fingerprint density at radius 3 is 2.60 bits per heavy atom. The number of hydrogen-bond acceptors (Lipinski definition) is 4. The van der Waals surface area contributed by atoms with E-state index in [9.17, 15) is 0 Å². The summed E-state index contributed by atoms with van der Waals surface area (Å²) >= 11 is 12.5. The van der Waals surface area contributed by atoms with Gasteiger partial charge in [-0.1, -0.05) is 29.8 Å². The van der Waals surface area contributed by atoms with Gasteiger partial charge in [-0.05, 0) is 74.1 Å². The number of halogens is 1. The van der Waals surface area contributed by atoms with Crippen LogP contribution in [0.3, 0.4) is 0 Å².